The number of fused-ring (bicyclic) bond motifs is 1. The molecule has 1 N–H and O–H groups in total. The molecule has 0 fully saturated rings. The van der Waals surface area contributed by atoms with Gasteiger partial charge in [-0.15, -0.1) is 0 Å². The lowest BCUT2D eigenvalue weighted by atomic mass is 10.1. The van der Waals surface area contributed by atoms with Gasteiger partial charge in [-0.3, -0.25) is 9.59 Å². The first-order valence-corrected chi connectivity index (χ1v) is 10.4. The number of aryl methyl sites for hydroxylation is 1. The van der Waals surface area contributed by atoms with E-state index >= 15 is 0 Å². The van der Waals surface area contributed by atoms with Gasteiger partial charge in [0, 0.05) is 35.6 Å². The molecular formula is C22H20BrN3O4. The molecular weight excluding hydrogens is 450 g/mol. The average Bonchev–Trinajstić information content (AvgIpc) is 3.22. The van der Waals surface area contributed by atoms with Crippen LogP contribution in [0.15, 0.2) is 63.9 Å². The van der Waals surface area contributed by atoms with Gasteiger partial charge in [-0.2, -0.15) is 5.10 Å². The molecule has 0 saturated heterocycles. The average molecular weight is 470 g/mol. The molecule has 0 atom stereocenters. The highest BCUT2D eigenvalue weighted by molar-refractivity contribution is 9.10. The number of hydrogen-bond donors (Lipinski definition) is 1. The maximum absolute atomic E-state index is 12.2. The maximum Gasteiger partial charge on any atom is 0.266 e. The van der Waals surface area contributed by atoms with E-state index in [9.17, 15) is 9.59 Å². The van der Waals surface area contributed by atoms with Gasteiger partial charge >= 0.3 is 0 Å². The number of benzene rings is 2. The van der Waals surface area contributed by atoms with Crippen molar-refractivity contribution < 1.29 is 14.3 Å². The van der Waals surface area contributed by atoms with Crippen LogP contribution in [-0.2, 0) is 17.9 Å². The van der Waals surface area contributed by atoms with Gasteiger partial charge in [-0.25, -0.2) is 4.68 Å². The normalized spacial score (nSPS) is 12.0. The van der Waals surface area contributed by atoms with Crippen LogP contribution < -0.4 is 20.3 Å². The van der Waals surface area contributed by atoms with Crippen LogP contribution in [0.3, 0.4) is 0 Å². The Morgan fingerprint density at radius 2 is 1.87 bits per heavy atom. The summed E-state index contributed by atoms with van der Waals surface area (Å²) < 4.78 is 13.0. The monoisotopic (exact) mass is 469 g/mol. The third-order valence-corrected chi connectivity index (χ3v) is 5.24. The zero-order valence-corrected chi connectivity index (χ0v) is 17.7. The smallest absolute Gasteiger partial charge is 0.266 e. The summed E-state index contributed by atoms with van der Waals surface area (Å²) in [4.78, 5) is 24.3. The van der Waals surface area contributed by atoms with Crippen LogP contribution in [-0.4, -0.2) is 22.5 Å². The van der Waals surface area contributed by atoms with E-state index in [4.69, 9.17) is 9.47 Å². The predicted octanol–water partition coefficient (Wildman–Crippen LogP) is 3.50. The molecule has 1 amide bonds. The summed E-state index contributed by atoms with van der Waals surface area (Å²) in [6.45, 7) is 1.01. The quantitative estimate of drug-likeness (QED) is 0.572. The Kier molecular flexibility index (Phi) is 6.13. The zero-order chi connectivity index (χ0) is 20.9. The summed E-state index contributed by atoms with van der Waals surface area (Å²) in [5.41, 5.74) is 2.40. The fourth-order valence-corrected chi connectivity index (χ4v) is 3.38. The molecule has 1 aliphatic rings. The van der Waals surface area contributed by atoms with Crippen LogP contribution in [0.2, 0.25) is 0 Å². The van der Waals surface area contributed by atoms with Crippen molar-refractivity contribution in [3.05, 3.63) is 75.0 Å². The van der Waals surface area contributed by atoms with Gasteiger partial charge in [-0.1, -0.05) is 34.1 Å². The lowest BCUT2D eigenvalue weighted by Gasteiger charge is -2.08. The van der Waals surface area contributed by atoms with E-state index in [0.717, 1.165) is 15.6 Å². The Balaban J connectivity index is 1.29. The molecule has 0 unspecified atom stereocenters. The fraction of sp³-hybridized carbons (Fsp3) is 0.227. The second-order valence-corrected chi connectivity index (χ2v) is 7.77. The highest BCUT2D eigenvalue weighted by atomic mass is 79.9. The van der Waals surface area contributed by atoms with Gasteiger partial charge in [-0.05, 0) is 42.3 Å². The van der Waals surface area contributed by atoms with Gasteiger partial charge in [0.05, 0.1) is 5.69 Å². The highest BCUT2D eigenvalue weighted by Gasteiger charge is 2.13. The molecule has 0 radical (unpaired) electrons. The topological polar surface area (TPSA) is 82.5 Å². The summed E-state index contributed by atoms with van der Waals surface area (Å²) in [6.07, 6.45) is 0.824. The summed E-state index contributed by atoms with van der Waals surface area (Å²) in [5.74, 6) is 1.33. The minimum absolute atomic E-state index is 0.0789. The number of rotatable bonds is 7. The van der Waals surface area contributed by atoms with Crippen molar-refractivity contribution in [2.75, 3.05) is 6.79 Å². The van der Waals surface area contributed by atoms with Crippen molar-refractivity contribution >= 4 is 21.8 Å². The number of ether oxygens (including phenoxy) is 2. The van der Waals surface area contributed by atoms with E-state index in [0.29, 0.717) is 43.1 Å². The molecule has 3 aromatic rings. The zero-order valence-electron chi connectivity index (χ0n) is 16.1. The third kappa shape index (κ3) is 4.88. The van der Waals surface area contributed by atoms with E-state index in [1.807, 2.05) is 42.5 Å². The van der Waals surface area contributed by atoms with E-state index < -0.39 is 0 Å². The van der Waals surface area contributed by atoms with Gasteiger partial charge in [0.25, 0.3) is 5.56 Å². The number of hydrogen-bond acceptors (Lipinski definition) is 5. The molecule has 1 aliphatic heterocycles. The SMILES string of the molecule is O=C(CCCn1nc(-c2ccc(Br)cc2)ccc1=O)NCc1ccc2c(c1)OCO2. The first kappa shape index (κ1) is 20.2. The number of amides is 1. The Bertz CT molecular complexity index is 1110. The molecule has 154 valence electrons. The van der Waals surface area contributed by atoms with E-state index in [1.54, 1.807) is 6.07 Å². The van der Waals surface area contributed by atoms with E-state index in [1.165, 1.54) is 10.7 Å². The number of carbonyl (C=O) groups excluding carboxylic acids is 1. The molecule has 0 bridgehead atoms. The molecule has 4 rings (SSSR count). The molecule has 30 heavy (non-hydrogen) atoms. The van der Waals surface area contributed by atoms with Gasteiger partial charge in [0.1, 0.15) is 0 Å². The lowest BCUT2D eigenvalue weighted by Crippen LogP contribution is -2.25. The summed E-state index contributed by atoms with van der Waals surface area (Å²) in [6, 6.07) is 16.5. The van der Waals surface area contributed by atoms with Gasteiger partial charge in [0.2, 0.25) is 12.7 Å². The Morgan fingerprint density at radius 3 is 2.70 bits per heavy atom. The Labute approximate surface area is 181 Å². The fourth-order valence-electron chi connectivity index (χ4n) is 3.11. The predicted molar refractivity (Wildman–Crippen MR) is 115 cm³/mol. The first-order chi connectivity index (χ1) is 14.6. The van der Waals surface area contributed by atoms with Crippen molar-refractivity contribution in [1.82, 2.24) is 15.1 Å². The minimum atomic E-state index is -0.184. The molecule has 0 aliphatic carbocycles. The molecule has 1 aromatic heterocycles. The standard InChI is InChI=1S/C22H20BrN3O4/c23-17-6-4-16(5-7-17)18-8-10-22(28)26(25-18)11-1-2-21(27)24-13-15-3-9-19-20(12-15)30-14-29-19/h3-10,12H,1-2,11,13-14H2,(H,24,27). The summed E-state index contributed by atoms with van der Waals surface area (Å²) in [7, 11) is 0. The maximum atomic E-state index is 12.2. The Morgan fingerprint density at radius 1 is 1.07 bits per heavy atom. The molecule has 2 heterocycles. The van der Waals surface area contributed by atoms with Gasteiger partial charge in [0.15, 0.2) is 11.5 Å². The van der Waals surface area contributed by atoms with Crippen molar-refractivity contribution in [1.29, 1.82) is 0 Å². The number of halogens is 1. The van der Waals surface area contributed by atoms with Crippen LogP contribution in [0, 0.1) is 0 Å². The van der Waals surface area contributed by atoms with Crippen molar-refractivity contribution in [2.45, 2.75) is 25.9 Å². The molecule has 7 nitrogen and oxygen atoms in total. The molecule has 0 saturated carbocycles. The first-order valence-electron chi connectivity index (χ1n) is 9.58. The number of aromatic nitrogens is 2. The summed E-state index contributed by atoms with van der Waals surface area (Å²) >= 11 is 3.41. The lowest BCUT2D eigenvalue weighted by molar-refractivity contribution is -0.121. The van der Waals surface area contributed by atoms with Crippen LogP contribution >= 0.6 is 15.9 Å². The molecule has 0 spiro atoms. The van der Waals surface area contributed by atoms with Crippen LogP contribution in [0.4, 0.5) is 0 Å². The van der Waals surface area contributed by atoms with E-state index in [2.05, 4.69) is 26.3 Å². The summed E-state index contributed by atoms with van der Waals surface area (Å²) in [5, 5.41) is 7.31. The number of carbonyl (C=O) groups is 1. The molecule has 8 heteroatoms. The van der Waals surface area contributed by atoms with Crippen LogP contribution in [0.5, 0.6) is 11.5 Å². The molecule has 2 aromatic carbocycles. The number of nitrogens with one attached hydrogen (secondary N) is 1. The van der Waals surface area contributed by atoms with Crippen LogP contribution in [0.25, 0.3) is 11.3 Å². The largest absolute Gasteiger partial charge is 0.454 e. The Hall–Kier alpha value is -3.13. The van der Waals surface area contributed by atoms with Crippen molar-refractivity contribution in [2.24, 2.45) is 0 Å². The van der Waals surface area contributed by atoms with Crippen molar-refractivity contribution in [3.63, 3.8) is 0 Å². The number of nitrogens with zero attached hydrogens (tertiary/aromatic N) is 2. The second kappa shape index (κ2) is 9.13. The van der Waals surface area contributed by atoms with Crippen LogP contribution in [0.1, 0.15) is 18.4 Å². The second-order valence-electron chi connectivity index (χ2n) is 6.85. The minimum Gasteiger partial charge on any atom is -0.454 e. The van der Waals surface area contributed by atoms with Gasteiger partial charge < -0.3 is 14.8 Å². The highest BCUT2D eigenvalue weighted by Crippen LogP contribution is 2.32. The third-order valence-electron chi connectivity index (χ3n) is 4.71. The van der Waals surface area contributed by atoms with Crippen molar-refractivity contribution in [3.8, 4) is 22.8 Å². The van der Waals surface area contributed by atoms with E-state index in [-0.39, 0.29) is 18.3 Å².